The molecule has 0 atom stereocenters. The first-order valence-electron chi connectivity index (χ1n) is 20.8. The molecule has 0 unspecified atom stereocenters. The monoisotopic (exact) mass is 692 g/mol. The molecule has 0 aliphatic heterocycles. The minimum Gasteiger partial charge on any atom is -0.0616 e. The summed E-state index contributed by atoms with van der Waals surface area (Å²) in [5, 5.41) is 22.6. The Morgan fingerprint density at radius 3 is 1.06 bits per heavy atom. The second-order valence-corrected chi connectivity index (χ2v) is 16.6. The van der Waals surface area contributed by atoms with E-state index in [1.165, 1.54) is 162 Å². The van der Waals surface area contributed by atoms with Crippen LogP contribution in [0.5, 0.6) is 0 Å². The van der Waals surface area contributed by atoms with Gasteiger partial charge in [0.1, 0.15) is 0 Å². The molecular weight excluding hydrogens is 649 g/mol. The van der Waals surface area contributed by atoms with Crippen LogP contribution in [0.2, 0.25) is 0 Å². The van der Waals surface area contributed by atoms with E-state index < -0.39 is 0 Å². The quantitative estimate of drug-likeness (QED) is 0.128. The molecule has 2 saturated carbocycles. The molecule has 0 aromatic heterocycles. The molecule has 12 rings (SSSR count). The van der Waals surface area contributed by atoms with Crippen LogP contribution < -0.4 is 0 Å². The normalized spacial score (nSPS) is 16.4. The van der Waals surface area contributed by atoms with Crippen LogP contribution >= 0.6 is 0 Å². The molecule has 0 radical (unpaired) electrons. The minimum absolute atomic E-state index is 0.611. The average molecular weight is 693 g/mol. The summed E-state index contributed by atoms with van der Waals surface area (Å²) in [5.74, 6) is 1.22. The predicted octanol–water partition coefficient (Wildman–Crippen LogP) is 16.1. The number of fused-ring (bicyclic) bond motifs is 8. The van der Waals surface area contributed by atoms with Crippen LogP contribution in [0.4, 0.5) is 0 Å². The van der Waals surface area contributed by atoms with Gasteiger partial charge >= 0.3 is 0 Å². The van der Waals surface area contributed by atoms with Crippen LogP contribution in [0.1, 0.15) is 87.2 Å². The van der Waals surface area contributed by atoms with E-state index in [4.69, 9.17) is 0 Å². The van der Waals surface area contributed by atoms with Crippen LogP contribution in [-0.2, 0) is 0 Å². The maximum Gasteiger partial charge on any atom is -0.000741 e. The van der Waals surface area contributed by atoms with Gasteiger partial charge in [-0.15, -0.1) is 0 Å². The van der Waals surface area contributed by atoms with Crippen molar-refractivity contribution in [2.24, 2.45) is 0 Å². The zero-order valence-electron chi connectivity index (χ0n) is 30.9. The Kier molecular flexibility index (Phi) is 6.89. The van der Waals surface area contributed by atoms with Crippen molar-refractivity contribution in [1.82, 2.24) is 0 Å². The Bertz CT molecular complexity index is 3060. The smallest absolute Gasteiger partial charge is 0.000741 e. The van der Waals surface area contributed by atoms with E-state index in [1.54, 1.807) is 11.1 Å². The molecule has 10 aromatic carbocycles. The summed E-state index contributed by atoms with van der Waals surface area (Å²) in [7, 11) is 0. The molecule has 0 nitrogen and oxygen atoms in total. The van der Waals surface area contributed by atoms with E-state index in [0.29, 0.717) is 11.8 Å². The molecular formula is C54H44. The second kappa shape index (κ2) is 12.0. The van der Waals surface area contributed by atoms with Crippen LogP contribution in [0, 0.1) is 0 Å². The van der Waals surface area contributed by atoms with Gasteiger partial charge in [-0.2, -0.15) is 0 Å². The van der Waals surface area contributed by atoms with E-state index in [1.807, 2.05) is 0 Å². The summed E-state index contributed by atoms with van der Waals surface area (Å²) in [5.41, 5.74) is 5.95. The van der Waals surface area contributed by atoms with Crippen molar-refractivity contribution in [3.05, 3.63) is 145 Å². The molecule has 0 bridgehead atoms. The summed E-state index contributed by atoms with van der Waals surface area (Å²) in [6.07, 6.45) is 13.2. The molecule has 0 spiro atoms. The third-order valence-corrected chi connectivity index (χ3v) is 13.9. The van der Waals surface area contributed by atoms with Crippen molar-refractivity contribution in [3.8, 4) is 11.1 Å². The highest BCUT2D eigenvalue weighted by atomic mass is 14.3. The topological polar surface area (TPSA) is 0 Å². The van der Waals surface area contributed by atoms with Crippen molar-refractivity contribution in [3.63, 3.8) is 0 Å². The van der Waals surface area contributed by atoms with Gasteiger partial charge in [0.2, 0.25) is 0 Å². The van der Waals surface area contributed by atoms with Gasteiger partial charge in [-0.3, -0.25) is 0 Å². The molecule has 2 aliphatic rings. The summed E-state index contributed by atoms with van der Waals surface area (Å²) < 4.78 is 0. The van der Waals surface area contributed by atoms with Crippen molar-refractivity contribution in [1.29, 1.82) is 0 Å². The zero-order chi connectivity index (χ0) is 35.3. The third kappa shape index (κ3) is 4.26. The summed E-state index contributed by atoms with van der Waals surface area (Å²) in [6.45, 7) is 0. The second-order valence-electron chi connectivity index (χ2n) is 16.6. The minimum atomic E-state index is 0.611. The van der Waals surface area contributed by atoms with Crippen LogP contribution in [0.15, 0.2) is 133 Å². The highest BCUT2D eigenvalue weighted by Crippen LogP contribution is 2.54. The van der Waals surface area contributed by atoms with Gasteiger partial charge in [-0.05, 0) is 146 Å². The standard InChI is InChI=1S/C54H44/c1-3-17-33(18-4-1)47-35-21-7-10-24-38(35)49(39-25-11-8-22-36(39)47)50-40-26-12-14-28-44(40)54-52-42(30-16-32-46(50)52)41-29-15-31-45-48(34-19-5-2-6-20-34)37-23-9-13-27-43(37)53(54)51(41)45/h7-16,21-34H,1-6,17-20H2. The van der Waals surface area contributed by atoms with Crippen LogP contribution in [-0.4, -0.2) is 0 Å². The van der Waals surface area contributed by atoms with Crippen molar-refractivity contribution in [2.75, 3.05) is 0 Å². The molecule has 260 valence electrons. The highest BCUT2D eigenvalue weighted by Gasteiger charge is 2.28. The van der Waals surface area contributed by atoms with Gasteiger partial charge < -0.3 is 0 Å². The van der Waals surface area contributed by atoms with E-state index in [9.17, 15) is 0 Å². The van der Waals surface area contributed by atoms with E-state index in [2.05, 4.69) is 133 Å². The fraction of sp³-hybridized carbons (Fsp3) is 0.222. The Morgan fingerprint density at radius 2 is 0.537 bits per heavy atom. The first-order chi connectivity index (χ1) is 26.9. The van der Waals surface area contributed by atoms with Crippen LogP contribution in [0.25, 0.3) is 97.3 Å². The number of hydrogen-bond donors (Lipinski definition) is 0. The molecule has 2 aliphatic carbocycles. The van der Waals surface area contributed by atoms with Gasteiger partial charge in [0.15, 0.2) is 0 Å². The molecule has 0 saturated heterocycles. The van der Waals surface area contributed by atoms with Gasteiger partial charge in [0.05, 0.1) is 0 Å². The summed E-state index contributed by atoms with van der Waals surface area (Å²) >= 11 is 0. The first kappa shape index (κ1) is 30.9. The molecule has 2 fully saturated rings. The number of rotatable bonds is 3. The Labute approximate surface area is 316 Å². The molecule has 54 heavy (non-hydrogen) atoms. The fourth-order valence-corrected chi connectivity index (χ4v) is 11.8. The Balaban J connectivity index is 1.30. The van der Waals surface area contributed by atoms with E-state index in [-0.39, 0.29) is 0 Å². The van der Waals surface area contributed by atoms with Crippen molar-refractivity contribution >= 4 is 86.2 Å². The molecule has 0 N–H and O–H groups in total. The highest BCUT2D eigenvalue weighted by molar-refractivity contribution is 6.45. The maximum absolute atomic E-state index is 2.45. The molecule has 0 heterocycles. The largest absolute Gasteiger partial charge is 0.0616 e. The lowest BCUT2D eigenvalue weighted by Gasteiger charge is -2.28. The van der Waals surface area contributed by atoms with Crippen molar-refractivity contribution < 1.29 is 0 Å². The van der Waals surface area contributed by atoms with E-state index >= 15 is 0 Å². The number of hydrogen-bond acceptors (Lipinski definition) is 0. The molecule has 10 aromatic rings. The lowest BCUT2D eigenvalue weighted by atomic mass is 9.75. The van der Waals surface area contributed by atoms with E-state index in [0.717, 1.165) is 0 Å². The summed E-state index contributed by atoms with van der Waals surface area (Å²) in [6, 6.07) is 52.0. The zero-order valence-corrected chi connectivity index (χ0v) is 30.9. The first-order valence-corrected chi connectivity index (χ1v) is 20.8. The lowest BCUT2D eigenvalue weighted by molar-refractivity contribution is 0.447. The predicted molar refractivity (Wildman–Crippen MR) is 235 cm³/mol. The van der Waals surface area contributed by atoms with Gasteiger partial charge in [-0.25, -0.2) is 0 Å². The maximum atomic E-state index is 2.45. The van der Waals surface area contributed by atoms with Gasteiger partial charge in [0.25, 0.3) is 0 Å². The average Bonchev–Trinajstić information content (AvgIpc) is 3.24. The van der Waals surface area contributed by atoms with Crippen molar-refractivity contribution in [2.45, 2.75) is 76.0 Å². The Morgan fingerprint density at radius 1 is 0.241 bits per heavy atom. The fourth-order valence-electron chi connectivity index (χ4n) is 11.8. The summed E-state index contributed by atoms with van der Waals surface area (Å²) in [4.78, 5) is 0. The van der Waals surface area contributed by atoms with Gasteiger partial charge in [-0.1, -0.05) is 172 Å². The third-order valence-electron chi connectivity index (χ3n) is 13.9. The molecule has 0 amide bonds. The molecule has 0 heteroatoms. The lowest BCUT2D eigenvalue weighted by Crippen LogP contribution is -2.07. The number of benzene rings is 10. The SMILES string of the molecule is c1ccc2c(C3CCCCC3)c3ccccc3c(-c3c4ccccc4c4c5c3cccc5c3cccc5c(C6CCCCC6)c6ccccc6c4c53)c2c1. The Hall–Kier alpha value is -5.46. The van der Waals surface area contributed by atoms with Crippen LogP contribution in [0.3, 0.4) is 0 Å². The van der Waals surface area contributed by atoms with Gasteiger partial charge in [0, 0.05) is 0 Å².